The van der Waals surface area contributed by atoms with E-state index in [1.54, 1.807) is 0 Å². The van der Waals surface area contributed by atoms with Crippen molar-refractivity contribution in [3.05, 3.63) is 18.1 Å². The van der Waals surface area contributed by atoms with Crippen LogP contribution < -0.4 is 11.1 Å². The van der Waals surface area contributed by atoms with Crippen LogP contribution in [0.4, 0.5) is 5.82 Å². The summed E-state index contributed by atoms with van der Waals surface area (Å²) in [6.07, 6.45) is 4.26. The second kappa shape index (κ2) is 5.22. The lowest BCUT2D eigenvalue weighted by atomic mass is 10.1. The average molecular weight is 254 g/mol. The molecule has 17 heavy (non-hydrogen) atoms. The highest BCUT2D eigenvalue weighted by molar-refractivity contribution is 7.85. The number of nitrogens with two attached hydrogens (primary N) is 1. The van der Waals surface area contributed by atoms with Crippen molar-refractivity contribution < 1.29 is 9.00 Å². The van der Waals surface area contributed by atoms with Crippen molar-refractivity contribution in [2.24, 2.45) is 0 Å². The Morgan fingerprint density at radius 2 is 2.12 bits per heavy atom. The predicted octanol–water partition coefficient (Wildman–Crippen LogP) is -0.300. The summed E-state index contributed by atoms with van der Waals surface area (Å²) in [7, 11) is -0.723. The van der Waals surface area contributed by atoms with Crippen LogP contribution in [0.5, 0.6) is 0 Å². The zero-order valence-electron chi connectivity index (χ0n) is 9.26. The molecule has 3 N–H and O–H groups in total. The zero-order valence-corrected chi connectivity index (χ0v) is 10.1. The summed E-state index contributed by atoms with van der Waals surface area (Å²) in [5, 5.41) is 2.85. The van der Waals surface area contributed by atoms with Gasteiger partial charge in [0.15, 0.2) is 0 Å². The maximum absolute atomic E-state index is 11.8. The number of rotatable bonds is 2. The Morgan fingerprint density at radius 3 is 2.76 bits per heavy atom. The van der Waals surface area contributed by atoms with Crippen molar-refractivity contribution >= 4 is 22.5 Å². The number of hydrogen-bond acceptors (Lipinski definition) is 5. The van der Waals surface area contributed by atoms with Crippen LogP contribution in [-0.4, -0.2) is 37.6 Å². The van der Waals surface area contributed by atoms with Crippen molar-refractivity contribution in [1.29, 1.82) is 0 Å². The first-order valence-corrected chi connectivity index (χ1v) is 6.87. The van der Waals surface area contributed by atoms with Crippen LogP contribution in [0, 0.1) is 0 Å². The second-order valence-corrected chi connectivity index (χ2v) is 5.62. The third-order valence-electron chi connectivity index (χ3n) is 2.61. The highest BCUT2D eigenvalue weighted by Gasteiger charge is 2.20. The molecule has 1 aliphatic heterocycles. The third-order valence-corrected chi connectivity index (χ3v) is 3.99. The van der Waals surface area contributed by atoms with E-state index in [-0.39, 0.29) is 23.5 Å². The highest BCUT2D eigenvalue weighted by atomic mass is 32.2. The molecule has 7 heteroatoms. The molecule has 1 aliphatic rings. The molecule has 0 aromatic carbocycles. The molecule has 1 amide bonds. The highest BCUT2D eigenvalue weighted by Crippen LogP contribution is 2.09. The molecular weight excluding hydrogens is 240 g/mol. The topological polar surface area (TPSA) is 98.0 Å². The fourth-order valence-electron chi connectivity index (χ4n) is 1.69. The molecule has 0 radical (unpaired) electrons. The molecule has 92 valence electrons. The average Bonchev–Trinajstić information content (AvgIpc) is 2.32. The van der Waals surface area contributed by atoms with Gasteiger partial charge >= 0.3 is 0 Å². The Balaban J connectivity index is 1.95. The number of nitrogen functional groups attached to an aromatic ring is 1. The molecule has 0 unspecified atom stereocenters. The van der Waals surface area contributed by atoms with Gasteiger partial charge in [0.25, 0.3) is 5.91 Å². The van der Waals surface area contributed by atoms with Crippen LogP contribution in [0.3, 0.4) is 0 Å². The monoisotopic (exact) mass is 254 g/mol. The van der Waals surface area contributed by atoms with Gasteiger partial charge in [-0.3, -0.25) is 14.0 Å². The van der Waals surface area contributed by atoms with E-state index in [4.69, 9.17) is 5.73 Å². The van der Waals surface area contributed by atoms with Crippen molar-refractivity contribution in [1.82, 2.24) is 15.3 Å². The summed E-state index contributed by atoms with van der Waals surface area (Å²) >= 11 is 0. The van der Waals surface area contributed by atoms with Crippen molar-refractivity contribution in [2.45, 2.75) is 18.9 Å². The molecule has 1 aromatic heterocycles. The Bertz CT molecular complexity index is 442. The van der Waals surface area contributed by atoms with Gasteiger partial charge in [-0.05, 0) is 12.8 Å². The van der Waals surface area contributed by atoms with E-state index in [1.807, 2.05) is 0 Å². The van der Waals surface area contributed by atoms with Crippen molar-refractivity contribution in [2.75, 3.05) is 17.2 Å². The van der Waals surface area contributed by atoms with Gasteiger partial charge in [-0.25, -0.2) is 4.98 Å². The molecule has 0 spiro atoms. The molecule has 1 saturated heterocycles. The Labute approximate surface area is 101 Å². The summed E-state index contributed by atoms with van der Waals surface area (Å²) in [6, 6.07) is 0.0726. The van der Waals surface area contributed by atoms with E-state index < -0.39 is 10.8 Å². The van der Waals surface area contributed by atoms with Gasteiger partial charge in [0.05, 0.1) is 12.4 Å². The summed E-state index contributed by atoms with van der Waals surface area (Å²) in [4.78, 5) is 19.5. The van der Waals surface area contributed by atoms with Gasteiger partial charge in [-0.15, -0.1) is 0 Å². The quantitative estimate of drug-likeness (QED) is 0.755. The standard InChI is InChI=1S/C10H14N4O2S/c11-9-6-12-5-8(14-9)10(15)13-7-1-3-17(16)4-2-7/h5-7H,1-4H2,(H2,11,14)(H,13,15). The van der Waals surface area contributed by atoms with Gasteiger partial charge in [0.2, 0.25) is 0 Å². The second-order valence-electron chi connectivity index (χ2n) is 3.92. The van der Waals surface area contributed by atoms with Gasteiger partial charge in [-0.2, -0.15) is 0 Å². The van der Waals surface area contributed by atoms with E-state index >= 15 is 0 Å². The largest absolute Gasteiger partial charge is 0.382 e. The molecule has 1 fully saturated rings. The molecule has 0 aliphatic carbocycles. The first-order valence-electron chi connectivity index (χ1n) is 5.38. The molecule has 0 atom stereocenters. The lowest BCUT2D eigenvalue weighted by Crippen LogP contribution is -2.39. The molecule has 2 rings (SSSR count). The smallest absolute Gasteiger partial charge is 0.271 e. The van der Waals surface area contributed by atoms with Crippen LogP contribution in [0.1, 0.15) is 23.3 Å². The molecule has 0 saturated carbocycles. The molecule has 6 nitrogen and oxygen atoms in total. The molecule has 0 bridgehead atoms. The van der Waals surface area contributed by atoms with Gasteiger partial charge < -0.3 is 11.1 Å². The Kier molecular flexibility index (Phi) is 3.68. The lowest BCUT2D eigenvalue weighted by Gasteiger charge is -2.22. The summed E-state index contributed by atoms with van der Waals surface area (Å²) in [5.74, 6) is 1.24. The minimum atomic E-state index is -0.723. The molecular formula is C10H14N4O2S. The fourth-order valence-corrected chi connectivity index (χ4v) is 2.99. The van der Waals surface area contributed by atoms with Gasteiger partial charge in [0.1, 0.15) is 11.5 Å². The fraction of sp³-hybridized carbons (Fsp3) is 0.500. The summed E-state index contributed by atoms with van der Waals surface area (Å²) < 4.78 is 11.2. The van der Waals surface area contributed by atoms with Crippen LogP contribution >= 0.6 is 0 Å². The van der Waals surface area contributed by atoms with Crippen molar-refractivity contribution in [3.63, 3.8) is 0 Å². The van der Waals surface area contributed by atoms with Crippen LogP contribution in [0.2, 0.25) is 0 Å². The molecule has 1 aromatic rings. The number of amides is 1. The third kappa shape index (κ3) is 3.23. The van der Waals surface area contributed by atoms with Gasteiger partial charge in [-0.1, -0.05) is 0 Å². The minimum Gasteiger partial charge on any atom is -0.382 e. The van der Waals surface area contributed by atoms with E-state index in [2.05, 4.69) is 15.3 Å². The number of nitrogens with zero attached hydrogens (tertiary/aromatic N) is 2. The maximum Gasteiger partial charge on any atom is 0.271 e. The first-order chi connectivity index (χ1) is 8.15. The van der Waals surface area contributed by atoms with E-state index in [9.17, 15) is 9.00 Å². The summed E-state index contributed by atoms with van der Waals surface area (Å²) in [6.45, 7) is 0. The van der Waals surface area contributed by atoms with E-state index in [1.165, 1.54) is 12.4 Å². The van der Waals surface area contributed by atoms with Crippen LogP contribution in [-0.2, 0) is 10.8 Å². The Morgan fingerprint density at radius 1 is 1.41 bits per heavy atom. The number of carbonyl (C=O) groups is 1. The normalized spacial score (nSPS) is 24.2. The van der Waals surface area contributed by atoms with Crippen molar-refractivity contribution in [3.8, 4) is 0 Å². The van der Waals surface area contributed by atoms with E-state index in [0.717, 1.165) is 12.8 Å². The summed E-state index contributed by atoms with van der Waals surface area (Å²) in [5.41, 5.74) is 5.67. The lowest BCUT2D eigenvalue weighted by molar-refractivity contribution is 0.0929. The van der Waals surface area contributed by atoms with Crippen LogP contribution in [0.15, 0.2) is 12.4 Å². The molecule has 2 heterocycles. The zero-order chi connectivity index (χ0) is 12.3. The SMILES string of the molecule is Nc1cncc(C(=O)NC2CCS(=O)CC2)n1. The number of hydrogen-bond donors (Lipinski definition) is 2. The number of anilines is 1. The predicted molar refractivity (Wildman–Crippen MR) is 64.8 cm³/mol. The minimum absolute atomic E-state index is 0.0726. The number of carbonyl (C=O) groups excluding carboxylic acids is 1. The Hall–Kier alpha value is -1.50. The number of nitrogens with one attached hydrogen (secondary N) is 1. The van der Waals surface area contributed by atoms with Crippen LogP contribution in [0.25, 0.3) is 0 Å². The number of aromatic nitrogens is 2. The first kappa shape index (κ1) is 12.0. The van der Waals surface area contributed by atoms with E-state index in [0.29, 0.717) is 11.5 Å². The van der Waals surface area contributed by atoms with Gasteiger partial charge in [0, 0.05) is 28.3 Å². The maximum atomic E-state index is 11.8.